The molecule has 0 fully saturated rings. The first-order chi connectivity index (χ1) is 16.2. The second-order valence-electron chi connectivity index (χ2n) is 8.49. The highest BCUT2D eigenvalue weighted by Gasteiger charge is 2.31. The quantitative estimate of drug-likeness (QED) is 0.420. The number of ether oxygens (including phenoxy) is 1. The van der Waals surface area contributed by atoms with Crippen LogP contribution in [0.4, 0.5) is 18.9 Å². The number of rotatable bonds is 7. The Morgan fingerprint density at radius 1 is 1.18 bits per heavy atom. The van der Waals surface area contributed by atoms with E-state index in [1.165, 1.54) is 41.7 Å². The van der Waals surface area contributed by atoms with Gasteiger partial charge in [0.25, 0.3) is 0 Å². The largest absolute Gasteiger partial charge is 0.573 e. The van der Waals surface area contributed by atoms with E-state index in [1.807, 2.05) is 6.92 Å². The number of carboxylic acid groups (broad SMARTS) is 1. The number of alkyl halides is 3. The van der Waals surface area contributed by atoms with E-state index in [4.69, 9.17) is 0 Å². The molecule has 1 aliphatic carbocycles. The molecule has 0 saturated heterocycles. The minimum Gasteiger partial charge on any atom is -0.478 e. The Balaban J connectivity index is 1.48. The molecule has 5 nitrogen and oxygen atoms in total. The summed E-state index contributed by atoms with van der Waals surface area (Å²) in [6.45, 7) is 2.63. The van der Waals surface area contributed by atoms with Gasteiger partial charge in [-0.2, -0.15) is 0 Å². The summed E-state index contributed by atoms with van der Waals surface area (Å²) in [5, 5.41) is 12.6. The summed E-state index contributed by atoms with van der Waals surface area (Å²) in [6, 6.07) is 13.8. The summed E-state index contributed by atoms with van der Waals surface area (Å²) in [5.41, 5.74) is 5.19. The molecule has 0 amide bonds. The van der Waals surface area contributed by atoms with Gasteiger partial charge in [0.15, 0.2) is 0 Å². The van der Waals surface area contributed by atoms with E-state index >= 15 is 0 Å². The highest BCUT2D eigenvalue weighted by atomic mass is 19.4. The lowest BCUT2D eigenvalue weighted by atomic mass is 9.80. The third-order valence-electron chi connectivity index (χ3n) is 6.31. The van der Waals surface area contributed by atoms with Crippen LogP contribution < -0.4 is 10.1 Å². The lowest BCUT2D eigenvalue weighted by Crippen LogP contribution is -2.19. The zero-order chi connectivity index (χ0) is 24.3. The van der Waals surface area contributed by atoms with E-state index in [1.54, 1.807) is 12.1 Å². The fraction of sp³-hybridized carbons (Fsp3) is 0.308. The Bertz CT molecular complexity index is 1160. The molecule has 1 aromatic heterocycles. The average molecular weight is 470 g/mol. The fourth-order valence-electron chi connectivity index (χ4n) is 4.52. The van der Waals surface area contributed by atoms with Crippen molar-refractivity contribution in [1.29, 1.82) is 0 Å². The van der Waals surface area contributed by atoms with Gasteiger partial charge in [0, 0.05) is 24.6 Å². The SMILES string of the molecule is CC(c1ccc(OC(F)(F)F)cc1)c1ccc2c(c1)CCC[C@H]2CNc1cnccc1C(=O)O. The van der Waals surface area contributed by atoms with Gasteiger partial charge in [0.05, 0.1) is 17.4 Å². The van der Waals surface area contributed by atoms with Gasteiger partial charge in [-0.15, -0.1) is 13.2 Å². The van der Waals surface area contributed by atoms with Gasteiger partial charge in [-0.05, 0) is 59.7 Å². The zero-order valence-electron chi connectivity index (χ0n) is 18.6. The molecule has 2 aromatic carbocycles. The molecule has 0 aliphatic heterocycles. The number of aromatic carboxylic acids is 1. The summed E-state index contributed by atoms with van der Waals surface area (Å²) < 4.78 is 41.2. The maximum atomic E-state index is 12.4. The van der Waals surface area contributed by atoms with E-state index in [2.05, 4.69) is 33.2 Å². The monoisotopic (exact) mass is 470 g/mol. The summed E-state index contributed by atoms with van der Waals surface area (Å²) in [4.78, 5) is 15.5. The number of halogens is 3. The van der Waals surface area contributed by atoms with Crippen molar-refractivity contribution in [3.8, 4) is 5.75 Å². The van der Waals surface area contributed by atoms with Crippen molar-refractivity contribution in [2.24, 2.45) is 0 Å². The van der Waals surface area contributed by atoms with Gasteiger partial charge in [-0.1, -0.05) is 37.3 Å². The van der Waals surface area contributed by atoms with Crippen molar-refractivity contribution in [2.75, 3.05) is 11.9 Å². The molecule has 0 spiro atoms. The highest BCUT2D eigenvalue weighted by molar-refractivity contribution is 5.93. The Labute approximate surface area is 195 Å². The van der Waals surface area contributed by atoms with Gasteiger partial charge < -0.3 is 15.2 Å². The number of hydrogen-bond donors (Lipinski definition) is 2. The van der Waals surface area contributed by atoms with Crippen LogP contribution in [0.3, 0.4) is 0 Å². The minimum absolute atomic E-state index is 0.0113. The van der Waals surface area contributed by atoms with E-state index in [-0.39, 0.29) is 23.1 Å². The molecule has 0 saturated carbocycles. The number of pyridine rings is 1. The number of hydrogen-bond acceptors (Lipinski definition) is 4. The predicted molar refractivity (Wildman–Crippen MR) is 122 cm³/mol. The van der Waals surface area contributed by atoms with Crippen molar-refractivity contribution >= 4 is 11.7 Å². The van der Waals surface area contributed by atoms with Gasteiger partial charge in [0.2, 0.25) is 0 Å². The van der Waals surface area contributed by atoms with Crippen LogP contribution in [0.5, 0.6) is 5.75 Å². The maximum absolute atomic E-state index is 12.4. The zero-order valence-corrected chi connectivity index (χ0v) is 18.6. The molecular weight excluding hydrogens is 445 g/mol. The number of carbonyl (C=O) groups is 1. The maximum Gasteiger partial charge on any atom is 0.573 e. The molecule has 34 heavy (non-hydrogen) atoms. The molecule has 3 aromatic rings. The normalized spacial score (nSPS) is 16.4. The lowest BCUT2D eigenvalue weighted by molar-refractivity contribution is -0.274. The first kappa shape index (κ1) is 23.6. The van der Waals surface area contributed by atoms with E-state index in [9.17, 15) is 23.1 Å². The summed E-state index contributed by atoms with van der Waals surface area (Å²) in [5.74, 6) is -0.972. The number of nitrogens with zero attached hydrogens (tertiary/aromatic N) is 1. The predicted octanol–water partition coefficient (Wildman–Crippen LogP) is 6.36. The average Bonchev–Trinajstić information content (AvgIpc) is 2.81. The molecule has 4 rings (SSSR count). The number of fused-ring (bicyclic) bond motifs is 1. The topological polar surface area (TPSA) is 71.5 Å². The molecule has 2 atom stereocenters. The standard InChI is InChI=1S/C26H25F3N2O3/c1-16(17-5-8-21(9-6-17)34-26(27,28)29)18-7-10-22-19(13-18)3-2-4-20(22)14-31-24-15-30-12-11-23(24)25(32)33/h5-13,15-16,20,31H,2-4,14H2,1H3,(H,32,33)/t16?,20-/m0/s1. The third-order valence-corrected chi connectivity index (χ3v) is 6.31. The summed E-state index contributed by atoms with van der Waals surface area (Å²) in [7, 11) is 0. The molecule has 1 heterocycles. The van der Waals surface area contributed by atoms with E-state index in [0.29, 0.717) is 12.2 Å². The van der Waals surface area contributed by atoms with Gasteiger partial charge in [-0.3, -0.25) is 4.98 Å². The van der Waals surface area contributed by atoms with Crippen LogP contribution in [0, 0.1) is 0 Å². The first-order valence-electron chi connectivity index (χ1n) is 11.1. The second kappa shape index (κ2) is 9.75. The number of carboxylic acids is 1. The summed E-state index contributed by atoms with van der Waals surface area (Å²) >= 11 is 0. The van der Waals surface area contributed by atoms with Gasteiger partial charge in [-0.25, -0.2) is 4.79 Å². The van der Waals surface area contributed by atoms with Crippen molar-refractivity contribution in [1.82, 2.24) is 4.98 Å². The van der Waals surface area contributed by atoms with Crippen molar-refractivity contribution in [2.45, 2.75) is 44.4 Å². The van der Waals surface area contributed by atoms with Crippen molar-refractivity contribution in [3.63, 3.8) is 0 Å². The smallest absolute Gasteiger partial charge is 0.478 e. The lowest BCUT2D eigenvalue weighted by Gasteiger charge is -2.27. The summed E-state index contributed by atoms with van der Waals surface area (Å²) in [6.07, 6.45) is 1.27. The van der Waals surface area contributed by atoms with Crippen LogP contribution in [0.15, 0.2) is 60.9 Å². The molecule has 2 N–H and O–H groups in total. The molecule has 178 valence electrons. The van der Waals surface area contributed by atoms with E-state index in [0.717, 1.165) is 30.4 Å². The van der Waals surface area contributed by atoms with Crippen LogP contribution in [0.25, 0.3) is 0 Å². The molecule has 1 unspecified atom stereocenters. The Hall–Kier alpha value is -3.55. The first-order valence-corrected chi connectivity index (χ1v) is 11.1. The Morgan fingerprint density at radius 3 is 2.62 bits per heavy atom. The van der Waals surface area contributed by atoms with Crippen LogP contribution >= 0.6 is 0 Å². The van der Waals surface area contributed by atoms with Gasteiger partial charge >= 0.3 is 12.3 Å². The number of benzene rings is 2. The minimum atomic E-state index is -4.71. The highest BCUT2D eigenvalue weighted by Crippen LogP contribution is 2.35. The molecule has 0 bridgehead atoms. The molecular formula is C26H25F3N2O3. The molecule has 1 aliphatic rings. The Kier molecular flexibility index (Phi) is 6.77. The second-order valence-corrected chi connectivity index (χ2v) is 8.49. The third kappa shape index (κ3) is 5.50. The number of anilines is 1. The van der Waals surface area contributed by atoms with Crippen LogP contribution in [-0.2, 0) is 6.42 Å². The van der Waals surface area contributed by atoms with Crippen LogP contribution in [0.1, 0.15) is 64.2 Å². The van der Waals surface area contributed by atoms with Crippen molar-refractivity contribution in [3.05, 3.63) is 88.7 Å². The van der Waals surface area contributed by atoms with E-state index < -0.39 is 12.3 Å². The van der Waals surface area contributed by atoms with Crippen LogP contribution in [0.2, 0.25) is 0 Å². The number of aryl methyl sites for hydroxylation is 1. The number of aromatic nitrogens is 1. The van der Waals surface area contributed by atoms with Gasteiger partial charge in [0.1, 0.15) is 5.75 Å². The fourth-order valence-corrected chi connectivity index (χ4v) is 4.52. The molecule has 8 heteroatoms. The Morgan fingerprint density at radius 2 is 1.91 bits per heavy atom. The van der Waals surface area contributed by atoms with Crippen LogP contribution in [-0.4, -0.2) is 29.0 Å². The molecule has 0 radical (unpaired) electrons. The van der Waals surface area contributed by atoms with Crippen molar-refractivity contribution < 1.29 is 27.8 Å². The number of nitrogens with one attached hydrogen (secondary N) is 1.